The molecule has 232 valence electrons. The molecule has 5 aromatic rings. The van der Waals surface area contributed by atoms with E-state index in [0.29, 0.717) is 36.9 Å². The van der Waals surface area contributed by atoms with Crippen LogP contribution in [0.1, 0.15) is 31.0 Å². The summed E-state index contributed by atoms with van der Waals surface area (Å²) in [5.41, 5.74) is 3.80. The minimum Gasteiger partial charge on any atom is -0.493 e. The van der Waals surface area contributed by atoms with E-state index in [9.17, 15) is 14.4 Å². The number of nitrogens with zero attached hydrogens (tertiary/aromatic N) is 4. The summed E-state index contributed by atoms with van der Waals surface area (Å²) in [6, 6.07) is 20.9. The summed E-state index contributed by atoms with van der Waals surface area (Å²) in [6.07, 6.45) is 3.64. The Hall–Kier alpha value is -5.26. The van der Waals surface area contributed by atoms with Crippen LogP contribution in [0.15, 0.2) is 100 Å². The molecular formula is C34H27ClN4O6S. The molecular weight excluding hydrogens is 628 g/mol. The maximum atomic E-state index is 14.3. The fourth-order valence-corrected chi connectivity index (χ4v) is 6.44. The SMILES string of the molecule is COC(=O)C1=C(C)N=c2sc(=Cc3cn(-c4ccccc4)nc3-c3ccc(Cl)cc3)c(=O)n2C1c1ccc(OC(C)=O)c(OC)c1. The Labute approximate surface area is 272 Å². The van der Waals surface area contributed by atoms with Crippen molar-refractivity contribution in [2.75, 3.05) is 14.2 Å². The molecule has 1 aliphatic heterocycles. The number of carbonyl (C=O) groups is 2. The first-order valence-corrected chi connectivity index (χ1v) is 15.3. The van der Waals surface area contributed by atoms with Crippen molar-refractivity contribution in [3.63, 3.8) is 0 Å². The molecule has 0 bridgehead atoms. The number of halogens is 1. The van der Waals surface area contributed by atoms with Gasteiger partial charge in [0.05, 0.1) is 41.8 Å². The van der Waals surface area contributed by atoms with Crippen LogP contribution in [0, 0.1) is 0 Å². The molecule has 6 rings (SSSR count). The van der Waals surface area contributed by atoms with Gasteiger partial charge in [-0.3, -0.25) is 14.2 Å². The van der Waals surface area contributed by atoms with Gasteiger partial charge in [-0.15, -0.1) is 0 Å². The first-order valence-electron chi connectivity index (χ1n) is 14.1. The number of thiazole rings is 1. The van der Waals surface area contributed by atoms with Gasteiger partial charge in [-0.25, -0.2) is 14.5 Å². The lowest BCUT2D eigenvalue weighted by Gasteiger charge is -2.25. The van der Waals surface area contributed by atoms with Crippen LogP contribution in [0.4, 0.5) is 0 Å². The van der Waals surface area contributed by atoms with Crippen LogP contribution >= 0.6 is 22.9 Å². The van der Waals surface area contributed by atoms with Gasteiger partial charge in [-0.1, -0.05) is 59.3 Å². The first-order chi connectivity index (χ1) is 22.2. The minimum absolute atomic E-state index is 0.197. The number of aromatic nitrogens is 3. The molecule has 1 atom stereocenters. The number of hydrogen-bond donors (Lipinski definition) is 0. The van der Waals surface area contributed by atoms with E-state index in [1.165, 1.54) is 37.0 Å². The zero-order valence-electron chi connectivity index (χ0n) is 25.2. The summed E-state index contributed by atoms with van der Waals surface area (Å²) in [5.74, 6) is -0.678. The number of para-hydroxylation sites is 1. The van der Waals surface area contributed by atoms with Gasteiger partial charge in [0.2, 0.25) is 0 Å². The minimum atomic E-state index is -0.895. The van der Waals surface area contributed by atoms with Crippen LogP contribution < -0.4 is 24.4 Å². The Balaban J connectivity index is 1.56. The summed E-state index contributed by atoms with van der Waals surface area (Å²) in [5, 5.41) is 5.45. The normalized spacial score (nSPS) is 14.5. The maximum absolute atomic E-state index is 14.3. The highest BCUT2D eigenvalue weighted by atomic mass is 35.5. The van der Waals surface area contributed by atoms with E-state index < -0.39 is 18.0 Å². The van der Waals surface area contributed by atoms with Crippen molar-refractivity contribution in [2.45, 2.75) is 19.9 Å². The summed E-state index contributed by atoms with van der Waals surface area (Å²) in [6.45, 7) is 2.98. The number of benzene rings is 3. The molecule has 0 aliphatic carbocycles. The molecule has 0 radical (unpaired) electrons. The Morgan fingerprint density at radius 1 is 1.00 bits per heavy atom. The van der Waals surface area contributed by atoms with Gasteiger partial charge >= 0.3 is 11.9 Å². The van der Waals surface area contributed by atoms with E-state index in [1.54, 1.807) is 48.0 Å². The third-order valence-corrected chi connectivity index (χ3v) is 8.59. The van der Waals surface area contributed by atoms with Gasteiger partial charge in [0, 0.05) is 29.3 Å². The maximum Gasteiger partial charge on any atom is 0.338 e. The second-order valence-electron chi connectivity index (χ2n) is 10.3. The highest BCUT2D eigenvalue weighted by molar-refractivity contribution is 7.07. The van der Waals surface area contributed by atoms with Crippen LogP contribution in [0.25, 0.3) is 23.0 Å². The van der Waals surface area contributed by atoms with Crippen LogP contribution in [0.3, 0.4) is 0 Å². The number of ether oxygens (including phenoxy) is 3. The smallest absolute Gasteiger partial charge is 0.338 e. The molecule has 46 heavy (non-hydrogen) atoms. The summed E-state index contributed by atoms with van der Waals surface area (Å²) in [4.78, 5) is 44.1. The van der Waals surface area contributed by atoms with E-state index in [-0.39, 0.29) is 22.6 Å². The van der Waals surface area contributed by atoms with Gasteiger partial charge in [0.25, 0.3) is 5.56 Å². The summed E-state index contributed by atoms with van der Waals surface area (Å²) < 4.78 is 19.5. The van der Waals surface area contributed by atoms with Crippen molar-refractivity contribution in [2.24, 2.45) is 4.99 Å². The molecule has 1 unspecified atom stereocenters. The predicted molar refractivity (Wildman–Crippen MR) is 174 cm³/mol. The van der Waals surface area contributed by atoms with Crippen LogP contribution in [-0.2, 0) is 14.3 Å². The Bertz CT molecular complexity index is 2200. The van der Waals surface area contributed by atoms with Gasteiger partial charge < -0.3 is 14.2 Å². The Kier molecular flexibility index (Phi) is 8.44. The predicted octanol–water partition coefficient (Wildman–Crippen LogP) is 4.85. The average molecular weight is 655 g/mol. The fourth-order valence-electron chi connectivity index (χ4n) is 5.28. The molecule has 0 N–H and O–H groups in total. The fraction of sp³-hybridized carbons (Fsp3) is 0.147. The highest BCUT2D eigenvalue weighted by Gasteiger charge is 2.34. The van der Waals surface area contributed by atoms with Gasteiger partial charge in [-0.05, 0) is 55.0 Å². The van der Waals surface area contributed by atoms with E-state index in [0.717, 1.165) is 11.3 Å². The van der Waals surface area contributed by atoms with E-state index in [4.69, 9.17) is 30.9 Å². The Morgan fingerprint density at radius 2 is 1.74 bits per heavy atom. The summed E-state index contributed by atoms with van der Waals surface area (Å²) in [7, 11) is 2.71. The van der Waals surface area contributed by atoms with Crippen molar-refractivity contribution in [3.05, 3.63) is 126 Å². The number of esters is 2. The van der Waals surface area contributed by atoms with Crippen LogP contribution in [-0.4, -0.2) is 40.5 Å². The number of hydrogen-bond acceptors (Lipinski definition) is 9. The molecule has 12 heteroatoms. The van der Waals surface area contributed by atoms with Gasteiger partial charge in [0.15, 0.2) is 16.3 Å². The Morgan fingerprint density at radius 3 is 2.41 bits per heavy atom. The zero-order valence-corrected chi connectivity index (χ0v) is 26.8. The van der Waals surface area contributed by atoms with E-state index >= 15 is 0 Å². The van der Waals surface area contributed by atoms with Crippen molar-refractivity contribution in [1.29, 1.82) is 0 Å². The number of methoxy groups -OCH3 is 2. The number of allylic oxidation sites excluding steroid dienone is 1. The topological polar surface area (TPSA) is 114 Å². The molecule has 3 aromatic carbocycles. The van der Waals surface area contributed by atoms with E-state index in [1.807, 2.05) is 48.7 Å². The number of rotatable bonds is 7. The molecule has 0 fully saturated rings. The second kappa shape index (κ2) is 12.6. The second-order valence-corrected chi connectivity index (χ2v) is 11.7. The van der Waals surface area contributed by atoms with Gasteiger partial charge in [0.1, 0.15) is 5.69 Å². The van der Waals surface area contributed by atoms with Crippen molar-refractivity contribution in [1.82, 2.24) is 14.3 Å². The average Bonchev–Trinajstić information content (AvgIpc) is 3.61. The highest BCUT2D eigenvalue weighted by Crippen LogP contribution is 2.36. The summed E-state index contributed by atoms with van der Waals surface area (Å²) >= 11 is 7.36. The standard InChI is InChI=1S/C34H27ClN4O6S/c1-19-29(33(42)44-4)31(22-12-15-26(45-20(2)40)27(16-22)43-3)39-32(41)28(46-34(39)36-19)17-23-18-38(25-8-6-5-7-9-25)37-30(23)21-10-13-24(35)14-11-21/h5-18,31H,1-4H3. The van der Waals surface area contributed by atoms with Crippen molar-refractivity contribution >= 4 is 41.0 Å². The first kappa shape index (κ1) is 30.8. The van der Waals surface area contributed by atoms with E-state index in [2.05, 4.69) is 4.99 Å². The van der Waals surface area contributed by atoms with Crippen LogP contribution in [0.5, 0.6) is 11.5 Å². The lowest BCUT2D eigenvalue weighted by atomic mass is 9.95. The third kappa shape index (κ3) is 5.78. The van der Waals surface area contributed by atoms with Gasteiger partial charge in [-0.2, -0.15) is 5.10 Å². The van der Waals surface area contributed by atoms with Crippen LogP contribution in [0.2, 0.25) is 5.02 Å². The van der Waals surface area contributed by atoms with Crippen molar-refractivity contribution < 1.29 is 23.8 Å². The molecule has 0 saturated heterocycles. The molecule has 3 heterocycles. The number of fused-ring (bicyclic) bond motifs is 1. The molecule has 1 aliphatic rings. The quantitative estimate of drug-likeness (QED) is 0.182. The third-order valence-electron chi connectivity index (χ3n) is 7.35. The molecule has 10 nitrogen and oxygen atoms in total. The molecule has 0 spiro atoms. The molecule has 0 saturated carbocycles. The van der Waals surface area contributed by atoms with Crippen molar-refractivity contribution in [3.8, 4) is 28.4 Å². The zero-order chi connectivity index (χ0) is 32.5. The largest absolute Gasteiger partial charge is 0.493 e. The monoisotopic (exact) mass is 654 g/mol. The molecule has 0 amide bonds. The lowest BCUT2D eigenvalue weighted by Crippen LogP contribution is -2.39. The number of carbonyl (C=O) groups excluding carboxylic acids is 2. The lowest BCUT2D eigenvalue weighted by molar-refractivity contribution is -0.136. The molecule has 2 aromatic heterocycles.